The van der Waals surface area contributed by atoms with Gasteiger partial charge in [0.1, 0.15) is 18.0 Å². The summed E-state index contributed by atoms with van der Waals surface area (Å²) in [6.07, 6.45) is -2.69. The summed E-state index contributed by atoms with van der Waals surface area (Å²) in [4.78, 5) is 23.2. The normalized spacial score (nSPS) is 23.3. The van der Waals surface area contributed by atoms with E-state index >= 15 is 0 Å². The number of carbonyl (C=O) groups is 1. The Hall–Kier alpha value is -2.10. The van der Waals surface area contributed by atoms with Gasteiger partial charge in [0.15, 0.2) is 5.41 Å². The maximum absolute atomic E-state index is 13.3. The first-order valence-corrected chi connectivity index (χ1v) is 8.53. The van der Waals surface area contributed by atoms with Gasteiger partial charge in [-0.1, -0.05) is 0 Å². The number of aliphatic hydroxyl groups is 1. The van der Waals surface area contributed by atoms with E-state index in [1.54, 1.807) is 11.0 Å². The molecule has 7 nitrogen and oxygen atoms in total. The van der Waals surface area contributed by atoms with Gasteiger partial charge in [0, 0.05) is 25.7 Å². The molecule has 1 aromatic rings. The molecule has 3 rings (SSSR count). The number of aromatic nitrogens is 2. The van der Waals surface area contributed by atoms with Crippen LogP contribution in [-0.2, 0) is 4.79 Å². The number of halogens is 3. The van der Waals surface area contributed by atoms with Crippen LogP contribution in [-0.4, -0.2) is 64.6 Å². The zero-order valence-corrected chi connectivity index (χ0v) is 14.1. The Morgan fingerprint density at radius 3 is 2.46 bits per heavy atom. The molecule has 2 N–H and O–H groups in total. The molecule has 2 saturated heterocycles. The highest BCUT2D eigenvalue weighted by Crippen LogP contribution is 2.47. The van der Waals surface area contributed by atoms with Crippen LogP contribution in [0.2, 0.25) is 0 Å². The van der Waals surface area contributed by atoms with E-state index in [-0.39, 0.29) is 25.7 Å². The third kappa shape index (κ3) is 3.17. The fourth-order valence-electron chi connectivity index (χ4n) is 3.73. The highest BCUT2D eigenvalue weighted by atomic mass is 19.4. The van der Waals surface area contributed by atoms with E-state index in [0.29, 0.717) is 11.6 Å². The zero-order valence-electron chi connectivity index (χ0n) is 14.1. The molecule has 0 saturated carbocycles. The standard InChI is InChI=1S/C16H21F3N4O3/c17-16(18,19)15(14(25)26)3-6-22(7-4-15)12-8-13(21-10-20-12)23-5-1-2-11(23)9-24/h8,10-11,24H,1-7,9H2,(H,25,26). The van der Waals surface area contributed by atoms with Gasteiger partial charge in [0.25, 0.3) is 0 Å². The molecule has 26 heavy (non-hydrogen) atoms. The van der Waals surface area contributed by atoms with Crippen molar-refractivity contribution >= 4 is 17.6 Å². The van der Waals surface area contributed by atoms with Crippen LogP contribution >= 0.6 is 0 Å². The van der Waals surface area contributed by atoms with Crippen LogP contribution in [0.3, 0.4) is 0 Å². The van der Waals surface area contributed by atoms with Gasteiger partial charge in [-0.3, -0.25) is 4.79 Å². The topological polar surface area (TPSA) is 89.8 Å². The van der Waals surface area contributed by atoms with Crippen molar-refractivity contribution < 1.29 is 28.2 Å². The summed E-state index contributed by atoms with van der Waals surface area (Å²) in [5.41, 5.74) is -2.70. The number of aliphatic hydroxyl groups excluding tert-OH is 1. The van der Waals surface area contributed by atoms with Crippen molar-refractivity contribution in [3.8, 4) is 0 Å². The minimum Gasteiger partial charge on any atom is -0.481 e. The van der Waals surface area contributed by atoms with Crippen molar-refractivity contribution in [3.05, 3.63) is 12.4 Å². The molecule has 0 amide bonds. The molecule has 2 aliphatic rings. The predicted octanol–water partition coefficient (Wildman–Crippen LogP) is 1.67. The number of aliphatic carboxylic acids is 1. The summed E-state index contributed by atoms with van der Waals surface area (Å²) >= 11 is 0. The van der Waals surface area contributed by atoms with E-state index in [9.17, 15) is 23.1 Å². The molecule has 0 aromatic carbocycles. The van der Waals surface area contributed by atoms with Gasteiger partial charge in [0.2, 0.25) is 0 Å². The lowest BCUT2D eigenvalue weighted by Crippen LogP contribution is -2.52. The number of carboxylic acids is 1. The quantitative estimate of drug-likeness (QED) is 0.829. The summed E-state index contributed by atoms with van der Waals surface area (Å²) in [6.45, 7) is 0.658. The summed E-state index contributed by atoms with van der Waals surface area (Å²) in [6, 6.07) is 1.67. The number of alkyl halides is 3. The van der Waals surface area contributed by atoms with Crippen LogP contribution in [0.5, 0.6) is 0 Å². The summed E-state index contributed by atoms with van der Waals surface area (Å²) in [7, 11) is 0. The molecule has 0 spiro atoms. The summed E-state index contributed by atoms with van der Waals surface area (Å²) in [5.74, 6) is -0.729. The Balaban J connectivity index is 1.76. The smallest absolute Gasteiger partial charge is 0.405 e. The van der Waals surface area contributed by atoms with Crippen molar-refractivity contribution in [2.24, 2.45) is 5.41 Å². The molecule has 0 bridgehead atoms. The second-order valence-corrected chi connectivity index (χ2v) is 6.78. The highest BCUT2D eigenvalue weighted by molar-refractivity contribution is 5.76. The van der Waals surface area contributed by atoms with Gasteiger partial charge >= 0.3 is 12.1 Å². The number of hydrogen-bond acceptors (Lipinski definition) is 6. The van der Waals surface area contributed by atoms with Crippen LogP contribution < -0.4 is 9.80 Å². The maximum Gasteiger partial charge on any atom is 0.405 e. The lowest BCUT2D eigenvalue weighted by atomic mass is 9.77. The Kier molecular flexibility index (Phi) is 4.96. The number of carboxylic acid groups (broad SMARTS) is 1. The van der Waals surface area contributed by atoms with Crippen molar-refractivity contribution in [3.63, 3.8) is 0 Å². The Bertz CT molecular complexity index is 662. The average Bonchev–Trinajstić information content (AvgIpc) is 3.09. The summed E-state index contributed by atoms with van der Waals surface area (Å²) < 4.78 is 39.8. The molecule has 2 aliphatic heterocycles. The number of nitrogens with zero attached hydrogens (tertiary/aromatic N) is 4. The van der Waals surface area contributed by atoms with Crippen LogP contribution in [0.1, 0.15) is 25.7 Å². The first-order chi connectivity index (χ1) is 12.3. The molecule has 2 fully saturated rings. The van der Waals surface area contributed by atoms with E-state index in [4.69, 9.17) is 5.11 Å². The minimum absolute atomic E-state index is 0.00969. The second-order valence-electron chi connectivity index (χ2n) is 6.78. The highest BCUT2D eigenvalue weighted by Gasteiger charge is 2.61. The Morgan fingerprint density at radius 1 is 1.23 bits per heavy atom. The first kappa shape index (κ1) is 18.7. The third-order valence-corrected chi connectivity index (χ3v) is 5.41. The van der Waals surface area contributed by atoms with E-state index in [0.717, 1.165) is 19.4 Å². The van der Waals surface area contributed by atoms with Gasteiger partial charge in [-0.25, -0.2) is 9.97 Å². The van der Waals surface area contributed by atoms with Crippen LogP contribution in [0.15, 0.2) is 12.4 Å². The molecule has 3 heterocycles. The maximum atomic E-state index is 13.3. The predicted molar refractivity (Wildman–Crippen MR) is 87.1 cm³/mol. The third-order valence-electron chi connectivity index (χ3n) is 5.41. The van der Waals surface area contributed by atoms with E-state index in [1.807, 2.05) is 4.90 Å². The average molecular weight is 374 g/mol. The first-order valence-electron chi connectivity index (χ1n) is 8.53. The zero-order chi connectivity index (χ0) is 18.9. The van der Waals surface area contributed by atoms with Crippen molar-refractivity contribution in [1.82, 2.24) is 9.97 Å². The SMILES string of the molecule is O=C(O)C1(C(F)(F)F)CCN(c2cc(N3CCCC3CO)ncn2)CC1. The molecule has 144 valence electrons. The minimum atomic E-state index is -4.79. The molecular formula is C16H21F3N4O3. The largest absolute Gasteiger partial charge is 0.481 e. The van der Waals surface area contributed by atoms with Crippen LogP contribution in [0.4, 0.5) is 24.8 Å². The van der Waals surface area contributed by atoms with Gasteiger partial charge < -0.3 is 20.0 Å². The molecular weight excluding hydrogens is 353 g/mol. The van der Waals surface area contributed by atoms with Gasteiger partial charge in [-0.2, -0.15) is 13.2 Å². The van der Waals surface area contributed by atoms with Gasteiger partial charge in [-0.05, 0) is 25.7 Å². The van der Waals surface area contributed by atoms with Gasteiger partial charge in [0.05, 0.1) is 12.6 Å². The number of piperidine rings is 1. The molecule has 1 aromatic heterocycles. The number of rotatable bonds is 4. The monoisotopic (exact) mass is 374 g/mol. The van der Waals surface area contributed by atoms with Gasteiger partial charge in [-0.15, -0.1) is 0 Å². The molecule has 10 heteroatoms. The number of hydrogen-bond donors (Lipinski definition) is 2. The second kappa shape index (κ2) is 6.90. The fourth-order valence-corrected chi connectivity index (χ4v) is 3.73. The van der Waals surface area contributed by atoms with E-state index in [2.05, 4.69) is 9.97 Å². The van der Waals surface area contributed by atoms with Crippen LogP contribution in [0.25, 0.3) is 0 Å². The molecule has 0 aliphatic carbocycles. The van der Waals surface area contributed by atoms with Crippen LogP contribution in [0, 0.1) is 5.41 Å². The van der Waals surface area contributed by atoms with E-state index in [1.165, 1.54) is 6.33 Å². The van der Waals surface area contributed by atoms with Crippen molar-refractivity contribution in [2.75, 3.05) is 36.0 Å². The lowest BCUT2D eigenvalue weighted by Gasteiger charge is -2.40. The molecule has 0 radical (unpaired) electrons. The lowest BCUT2D eigenvalue weighted by molar-refractivity contribution is -0.236. The Labute approximate surface area is 148 Å². The fraction of sp³-hybridized carbons (Fsp3) is 0.688. The Morgan fingerprint density at radius 2 is 1.88 bits per heavy atom. The van der Waals surface area contributed by atoms with E-state index < -0.39 is 30.4 Å². The van der Waals surface area contributed by atoms with Crippen molar-refractivity contribution in [1.29, 1.82) is 0 Å². The van der Waals surface area contributed by atoms with Crippen molar-refractivity contribution in [2.45, 2.75) is 37.9 Å². The summed E-state index contributed by atoms with van der Waals surface area (Å²) in [5, 5.41) is 18.6. The molecule has 1 atom stereocenters. The molecule has 1 unspecified atom stereocenters. The number of anilines is 2.